The van der Waals surface area contributed by atoms with Crippen LogP contribution in [-0.2, 0) is 0 Å². The van der Waals surface area contributed by atoms with E-state index in [-0.39, 0.29) is 6.04 Å². The van der Waals surface area contributed by atoms with Crippen molar-refractivity contribution in [3.05, 3.63) is 64.2 Å². The van der Waals surface area contributed by atoms with Crippen molar-refractivity contribution >= 4 is 11.6 Å². The van der Waals surface area contributed by atoms with Crippen molar-refractivity contribution in [3.63, 3.8) is 0 Å². The van der Waals surface area contributed by atoms with Crippen LogP contribution < -0.4 is 10.1 Å². The molecular weight excluding hydrogens is 270 g/mol. The van der Waals surface area contributed by atoms with Crippen molar-refractivity contribution in [2.75, 3.05) is 13.7 Å². The molecule has 2 aromatic rings. The highest BCUT2D eigenvalue weighted by Gasteiger charge is 2.19. The zero-order valence-electron chi connectivity index (χ0n) is 12.1. The SMILES string of the molecule is CCNC(c1ccccc1Cl)c1ccc(C)cc1OC. The van der Waals surface area contributed by atoms with E-state index in [1.165, 1.54) is 5.56 Å². The first kappa shape index (κ1) is 14.9. The van der Waals surface area contributed by atoms with Gasteiger partial charge in [-0.15, -0.1) is 0 Å². The number of ether oxygens (including phenoxy) is 1. The molecular formula is C17H20ClNO. The number of benzene rings is 2. The Labute approximate surface area is 125 Å². The van der Waals surface area contributed by atoms with Gasteiger partial charge in [0.15, 0.2) is 0 Å². The summed E-state index contributed by atoms with van der Waals surface area (Å²) >= 11 is 6.35. The van der Waals surface area contributed by atoms with Gasteiger partial charge in [0.05, 0.1) is 13.2 Å². The minimum Gasteiger partial charge on any atom is -0.496 e. The second kappa shape index (κ2) is 6.78. The average Bonchev–Trinajstić information content (AvgIpc) is 2.46. The Kier molecular flexibility index (Phi) is 5.05. The van der Waals surface area contributed by atoms with Gasteiger partial charge in [-0.25, -0.2) is 0 Å². The lowest BCUT2D eigenvalue weighted by atomic mass is 9.96. The van der Waals surface area contributed by atoms with E-state index in [0.29, 0.717) is 0 Å². The number of methoxy groups -OCH3 is 1. The van der Waals surface area contributed by atoms with Crippen LogP contribution in [0.1, 0.15) is 29.7 Å². The second-order valence-corrected chi connectivity index (χ2v) is 5.16. The maximum atomic E-state index is 6.35. The van der Waals surface area contributed by atoms with Crippen LogP contribution in [0.5, 0.6) is 5.75 Å². The Balaban J connectivity index is 2.51. The first-order valence-corrected chi connectivity index (χ1v) is 7.17. The van der Waals surface area contributed by atoms with Crippen LogP contribution in [0.3, 0.4) is 0 Å². The topological polar surface area (TPSA) is 21.3 Å². The van der Waals surface area contributed by atoms with E-state index in [1.807, 2.05) is 18.2 Å². The number of rotatable bonds is 5. The van der Waals surface area contributed by atoms with E-state index < -0.39 is 0 Å². The lowest BCUT2D eigenvalue weighted by Crippen LogP contribution is -2.22. The largest absolute Gasteiger partial charge is 0.496 e. The molecule has 0 heterocycles. The van der Waals surface area contributed by atoms with Crippen molar-refractivity contribution in [2.24, 2.45) is 0 Å². The van der Waals surface area contributed by atoms with E-state index in [9.17, 15) is 0 Å². The van der Waals surface area contributed by atoms with E-state index >= 15 is 0 Å². The van der Waals surface area contributed by atoms with Gasteiger partial charge in [0.25, 0.3) is 0 Å². The Morgan fingerprint density at radius 1 is 1.15 bits per heavy atom. The number of nitrogens with one attached hydrogen (secondary N) is 1. The van der Waals surface area contributed by atoms with Crippen molar-refractivity contribution in [3.8, 4) is 5.75 Å². The first-order chi connectivity index (χ1) is 9.67. The van der Waals surface area contributed by atoms with Gasteiger partial charge in [0, 0.05) is 10.6 Å². The van der Waals surface area contributed by atoms with Crippen molar-refractivity contribution < 1.29 is 4.74 Å². The lowest BCUT2D eigenvalue weighted by Gasteiger charge is -2.22. The Morgan fingerprint density at radius 3 is 2.55 bits per heavy atom. The highest BCUT2D eigenvalue weighted by molar-refractivity contribution is 6.31. The summed E-state index contributed by atoms with van der Waals surface area (Å²) in [5.41, 5.74) is 3.35. The van der Waals surface area contributed by atoms with Gasteiger partial charge in [0.2, 0.25) is 0 Å². The third-order valence-corrected chi connectivity index (χ3v) is 3.67. The summed E-state index contributed by atoms with van der Waals surface area (Å²) in [6.45, 7) is 5.00. The minimum atomic E-state index is 0.0317. The lowest BCUT2D eigenvalue weighted by molar-refractivity contribution is 0.404. The quantitative estimate of drug-likeness (QED) is 0.883. The third kappa shape index (κ3) is 3.14. The van der Waals surface area contributed by atoms with Crippen LogP contribution in [0.4, 0.5) is 0 Å². The average molecular weight is 290 g/mol. The predicted octanol–water partition coefficient (Wildman–Crippen LogP) is 4.36. The Morgan fingerprint density at radius 2 is 1.90 bits per heavy atom. The Hall–Kier alpha value is -1.51. The van der Waals surface area contributed by atoms with E-state index in [2.05, 4.69) is 43.4 Å². The zero-order chi connectivity index (χ0) is 14.5. The number of halogens is 1. The summed E-state index contributed by atoms with van der Waals surface area (Å²) in [6, 6.07) is 14.2. The molecule has 1 N–H and O–H groups in total. The molecule has 2 aromatic carbocycles. The van der Waals surface area contributed by atoms with Gasteiger partial charge in [-0.3, -0.25) is 0 Å². The summed E-state index contributed by atoms with van der Waals surface area (Å²) < 4.78 is 5.53. The molecule has 0 amide bonds. The van der Waals surface area contributed by atoms with Crippen LogP contribution in [0.25, 0.3) is 0 Å². The normalized spacial score (nSPS) is 12.2. The van der Waals surface area contributed by atoms with Crippen LogP contribution in [0.15, 0.2) is 42.5 Å². The molecule has 2 rings (SSSR count). The molecule has 1 unspecified atom stereocenters. The van der Waals surface area contributed by atoms with Crippen molar-refractivity contribution in [1.82, 2.24) is 5.32 Å². The maximum absolute atomic E-state index is 6.35. The van der Waals surface area contributed by atoms with Gasteiger partial charge in [-0.1, -0.05) is 48.9 Å². The van der Waals surface area contributed by atoms with E-state index in [0.717, 1.165) is 28.4 Å². The summed E-state index contributed by atoms with van der Waals surface area (Å²) in [5.74, 6) is 0.885. The highest BCUT2D eigenvalue weighted by atomic mass is 35.5. The fraction of sp³-hybridized carbons (Fsp3) is 0.294. The molecule has 0 spiro atoms. The molecule has 0 radical (unpaired) electrons. The van der Waals surface area contributed by atoms with Crippen LogP contribution in [-0.4, -0.2) is 13.7 Å². The molecule has 0 aliphatic carbocycles. The summed E-state index contributed by atoms with van der Waals surface area (Å²) in [7, 11) is 1.70. The molecule has 0 saturated carbocycles. The smallest absolute Gasteiger partial charge is 0.124 e. The molecule has 0 aliphatic heterocycles. The number of hydrogen-bond donors (Lipinski definition) is 1. The van der Waals surface area contributed by atoms with Crippen LogP contribution in [0.2, 0.25) is 5.02 Å². The van der Waals surface area contributed by atoms with Gasteiger partial charge in [-0.2, -0.15) is 0 Å². The van der Waals surface area contributed by atoms with Crippen LogP contribution in [0, 0.1) is 6.92 Å². The fourth-order valence-corrected chi connectivity index (χ4v) is 2.60. The molecule has 20 heavy (non-hydrogen) atoms. The van der Waals surface area contributed by atoms with Gasteiger partial charge < -0.3 is 10.1 Å². The van der Waals surface area contributed by atoms with E-state index in [1.54, 1.807) is 7.11 Å². The van der Waals surface area contributed by atoms with E-state index in [4.69, 9.17) is 16.3 Å². The fourth-order valence-electron chi connectivity index (χ4n) is 2.36. The van der Waals surface area contributed by atoms with Gasteiger partial charge in [-0.05, 0) is 36.7 Å². The van der Waals surface area contributed by atoms with Crippen molar-refractivity contribution in [2.45, 2.75) is 19.9 Å². The molecule has 0 aliphatic rings. The summed E-state index contributed by atoms with van der Waals surface area (Å²) in [4.78, 5) is 0. The predicted molar refractivity (Wildman–Crippen MR) is 84.7 cm³/mol. The van der Waals surface area contributed by atoms with Gasteiger partial charge >= 0.3 is 0 Å². The summed E-state index contributed by atoms with van der Waals surface area (Å²) in [5, 5.41) is 4.25. The standard InChI is InChI=1S/C17H20ClNO/c1-4-19-17(13-7-5-6-8-15(13)18)14-10-9-12(2)11-16(14)20-3/h5-11,17,19H,4H2,1-3H3. The second-order valence-electron chi connectivity index (χ2n) is 4.76. The van der Waals surface area contributed by atoms with Crippen LogP contribution >= 0.6 is 11.6 Å². The third-order valence-electron chi connectivity index (χ3n) is 3.32. The number of hydrogen-bond acceptors (Lipinski definition) is 2. The zero-order valence-corrected chi connectivity index (χ0v) is 12.9. The molecule has 1 atom stereocenters. The molecule has 106 valence electrons. The van der Waals surface area contributed by atoms with Gasteiger partial charge in [0.1, 0.15) is 5.75 Å². The maximum Gasteiger partial charge on any atom is 0.124 e. The molecule has 0 bridgehead atoms. The molecule has 3 heteroatoms. The molecule has 0 aromatic heterocycles. The first-order valence-electron chi connectivity index (χ1n) is 6.79. The molecule has 0 fully saturated rings. The molecule has 2 nitrogen and oxygen atoms in total. The van der Waals surface area contributed by atoms with Crippen molar-refractivity contribution in [1.29, 1.82) is 0 Å². The molecule has 0 saturated heterocycles. The highest BCUT2D eigenvalue weighted by Crippen LogP contribution is 2.33. The summed E-state index contributed by atoms with van der Waals surface area (Å²) in [6.07, 6.45) is 0. The number of aryl methyl sites for hydroxylation is 1. The monoisotopic (exact) mass is 289 g/mol. The Bertz CT molecular complexity index is 583. The minimum absolute atomic E-state index is 0.0317.